The SMILES string of the molecule is O=C(NC(c1ccccc1)C1CC1)c1cc([N+](=O)[O-])ccc1Cl. The smallest absolute Gasteiger partial charge is 0.270 e. The molecule has 23 heavy (non-hydrogen) atoms. The predicted molar refractivity (Wildman–Crippen MR) is 87.5 cm³/mol. The number of carbonyl (C=O) groups is 1. The van der Waals surface area contributed by atoms with Gasteiger partial charge in [-0.1, -0.05) is 41.9 Å². The number of benzene rings is 2. The average Bonchev–Trinajstić information content (AvgIpc) is 3.38. The lowest BCUT2D eigenvalue weighted by molar-refractivity contribution is -0.384. The first-order valence-electron chi connectivity index (χ1n) is 7.36. The van der Waals surface area contributed by atoms with Crippen molar-refractivity contribution in [1.29, 1.82) is 0 Å². The molecule has 3 rings (SSSR count). The topological polar surface area (TPSA) is 72.2 Å². The van der Waals surface area contributed by atoms with E-state index in [1.807, 2.05) is 30.3 Å². The van der Waals surface area contributed by atoms with E-state index in [0.29, 0.717) is 5.92 Å². The molecule has 1 amide bonds. The van der Waals surface area contributed by atoms with Gasteiger partial charge in [-0.05, 0) is 30.4 Å². The molecule has 5 nitrogen and oxygen atoms in total. The van der Waals surface area contributed by atoms with E-state index in [0.717, 1.165) is 18.4 Å². The molecule has 6 heteroatoms. The van der Waals surface area contributed by atoms with E-state index in [2.05, 4.69) is 5.32 Å². The normalized spacial score (nSPS) is 15.0. The van der Waals surface area contributed by atoms with Crippen molar-refractivity contribution in [3.8, 4) is 0 Å². The van der Waals surface area contributed by atoms with E-state index in [1.54, 1.807) is 0 Å². The highest BCUT2D eigenvalue weighted by molar-refractivity contribution is 6.34. The summed E-state index contributed by atoms with van der Waals surface area (Å²) in [6, 6.07) is 13.5. The fourth-order valence-corrected chi connectivity index (χ4v) is 2.79. The van der Waals surface area contributed by atoms with E-state index in [-0.39, 0.29) is 28.2 Å². The number of amides is 1. The molecule has 1 fully saturated rings. The molecular weight excluding hydrogens is 316 g/mol. The Morgan fingerprint density at radius 2 is 1.91 bits per heavy atom. The highest BCUT2D eigenvalue weighted by atomic mass is 35.5. The Balaban J connectivity index is 1.85. The van der Waals surface area contributed by atoms with Gasteiger partial charge in [0, 0.05) is 12.1 Å². The Morgan fingerprint density at radius 3 is 2.52 bits per heavy atom. The van der Waals surface area contributed by atoms with Crippen LogP contribution in [0.3, 0.4) is 0 Å². The first-order valence-corrected chi connectivity index (χ1v) is 7.74. The van der Waals surface area contributed by atoms with Crippen LogP contribution in [-0.2, 0) is 0 Å². The zero-order chi connectivity index (χ0) is 16.4. The monoisotopic (exact) mass is 330 g/mol. The molecule has 2 aromatic carbocycles. The summed E-state index contributed by atoms with van der Waals surface area (Å²) in [5.74, 6) is 0.0123. The maximum absolute atomic E-state index is 12.5. The van der Waals surface area contributed by atoms with Gasteiger partial charge < -0.3 is 5.32 Å². The second kappa shape index (κ2) is 6.38. The number of nitro groups is 1. The van der Waals surface area contributed by atoms with Crippen molar-refractivity contribution in [3.05, 3.63) is 74.8 Å². The third-order valence-electron chi connectivity index (χ3n) is 3.94. The van der Waals surface area contributed by atoms with Crippen molar-refractivity contribution >= 4 is 23.2 Å². The van der Waals surface area contributed by atoms with E-state index < -0.39 is 4.92 Å². The van der Waals surface area contributed by atoms with Crippen LogP contribution in [0.5, 0.6) is 0 Å². The molecule has 1 N–H and O–H groups in total. The number of hydrogen-bond donors (Lipinski definition) is 1. The van der Waals surface area contributed by atoms with Crippen molar-refractivity contribution in [1.82, 2.24) is 5.32 Å². The third-order valence-corrected chi connectivity index (χ3v) is 4.27. The second-order valence-electron chi connectivity index (χ2n) is 5.62. The van der Waals surface area contributed by atoms with Crippen LogP contribution in [0, 0.1) is 16.0 Å². The Bertz CT molecular complexity index is 745. The lowest BCUT2D eigenvalue weighted by Crippen LogP contribution is -2.30. The number of carbonyl (C=O) groups excluding carboxylic acids is 1. The minimum absolute atomic E-state index is 0.0981. The summed E-state index contributed by atoms with van der Waals surface area (Å²) in [5.41, 5.74) is 1.01. The zero-order valence-electron chi connectivity index (χ0n) is 12.2. The van der Waals surface area contributed by atoms with E-state index >= 15 is 0 Å². The number of non-ortho nitro benzene ring substituents is 1. The number of nitrogens with one attached hydrogen (secondary N) is 1. The van der Waals surface area contributed by atoms with Crippen LogP contribution in [-0.4, -0.2) is 10.8 Å². The van der Waals surface area contributed by atoms with E-state index in [1.165, 1.54) is 18.2 Å². The van der Waals surface area contributed by atoms with Gasteiger partial charge in [-0.15, -0.1) is 0 Å². The number of halogens is 1. The van der Waals surface area contributed by atoms with Gasteiger partial charge in [0.15, 0.2) is 0 Å². The van der Waals surface area contributed by atoms with Crippen LogP contribution < -0.4 is 5.32 Å². The van der Waals surface area contributed by atoms with Gasteiger partial charge in [0.05, 0.1) is 21.6 Å². The van der Waals surface area contributed by atoms with Crippen molar-refractivity contribution in [2.45, 2.75) is 18.9 Å². The van der Waals surface area contributed by atoms with Crippen LogP contribution in [0.15, 0.2) is 48.5 Å². The van der Waals surface area contributed by atoms with Crippen LogP contribution in [0.25, 0.3) is 0 Å². The van der Waals surface area contributed by atoms with E-state index in [9.17, 15) is 14.9 Å². The summed E-state index contributed by atoms with van der Waals surface area (Å²) >= 11 is 6.04. The van der Waals surface area contributed by atoms with Gasteiger partial charge in [-0.2, -0.15) is 0 Å². The maximum Gasteiger partial charge on any atom is 0.270 e. The number of nitrogens with zero attached hydrogens (tertiary/aromatic N) is 1. The second-order valence-corrected chi connectivity index (χ2v) is 6.03. The molecule has 118 valence electrons. The Kier molecular flexibility index (Phi) is 4.30. The number of rotatable bonds is 5. The van der Waals surface area contributed by atoms with Gasteiger partial charge in [0.1, 0.15) is 0 Å². The molecule has 0 heterocycles. The van der Waals surface area contributed by atoms with Gasteiger partial charge in [-0.25, -0.2) is 0 Å². The number of nitro benzene ring substituents is 1. The van der Waals surface area contributed by atoms with Crippen molar-refractivity contribution < 1.29 is 9.72 Å². The summed E-state index contributed by atoms with van der Waals surface area (Å²) in [6.07, 6.45) is 2.12. The summed E-state index contributed by atoms with van der Waals surface area (Å²) in [6.45, 7) is 0. The molecule has 1 unspecified atom stereocenters. The number of hydrogen-bond acceptors (Lipinski definition) is 3. The van der Waals surface area contributed by atoms with Crippen molar-refractivity contribution in [2.75, 3.05) is 0 Å². The minimum Gasteiger partial charge on any atom is -0.345 e. The molecule has 2 aromatic rings. The summed E-state index contributed by atoms with van der Waals surface area (Å²) < 4.78 is 0. The summed E-state index contributed by atoms with van der Waals surface area (Å²) in [7, 11) is 0. The van der Waals surface area contributed by atoms with Crippen molar-refractivity contribution in [3.63, 3.8) is 0 Å². The largest absolute Gasteiger partial charge is 0.345 e. The highest BCUT2D eigenvalue weighted by Gasteiger charge is 2.34. The quantitative estimate of drug-likeness (QED) is 0.661. The van der Waals surface area contributed by atoms with Crippen LogP contribution in [0.4, 0.5) is 5.69 Å². The summed E-state index contributed by atoms with van der Waals surface area (Å²) in [5, 5.41) is 14.1. The zero-order valence-corrected chi connectivity index (χ0v) is 13.0. The lowest BCUT2D eigenvalue weighted by atomic mass is 10.0. The molecule has 0 radical (unpaired) electrons. The maximum atomic E-state index is 12.5. The molecule has 1 aliphatic carbocycles. The van der Waals surface area contributed by atoms with Gasteiger partial charge >= 0.3 is 0 Å². The summed E-state index contributed by atoms with van der Waals surface area (Å²) in [4.78, 5) is 22.9. The molecule has 0 aromatic heterocycles. The van der Waals surface area contributed by atoms with Gasteiger partial charge in [0.25, 0.3) is 11.6 Å². The molecule has 1 saturated carbocycles. The Labute approximate surface area is 138 Å². The standard InChI is InChI=1S/C17H15ClN2O3/c18-15-9-8-13(20(22)23)10-14(15)17(21)19-16(12-6-7-12)11-4-2-1-3-5-11/h1-5,8-10,12,16H,6-7H2,(H,19,21). The molecule has 0 saturated heterocycles. The lowest BCUT2D eigenvalue weighted by Gasteiger charge is -2.19. The molecule has 1 atom stereocenters. The molecule has 0 spiro atoms. The predicted octanol–water partition coefficient (Wildman–Crippen LogP) is 4.13. The van der Waals surface area contributed by atoms with Crippen molar-refractivity contribution in [2.24, 2.45) is 5.92 Å². The van der Waals surface area contributed by atoms with Crippen LogP contribution in [0.1, 0.15) is 34.8 Å². The minimum atomic E-state index is -0.539. The highest BCUT2D eigenvalue weighted by Crippen LogP contribution is 2.41. The molecule has 0 aliphatic heterocycles. The first kappa shape index (κ1) is 15.5. The van der Waals surface area contributed by atoms with Gasteiger partial charge in [-0.3, -0.25) is 14.9 Å². The molecule has 0 bridgehead atoms. The Morgan fingerprint density at radius 1 is 1.22 bits per heavy atom. The fraction of sp³-hybridized carbons (Fsp3) is 0.235. The molecule has 1 aliphatic rings. The van der Waals surface area contributed by atoms with Gasteiger partial charge in [0.2, 0.25) is 0 Å². The first-order chi connectivity index (χ1) is 11.1. The fourth-order valence-electron chi connectivity index (χ4n) is 2.58. The Hall–Kier alpha value is -2.40. The third kappa shape index (κ3) is 3.51. The van der Waals surface area contributed by atoms with Crippen LogP contribution in [0.2, 0.25) is 5.02 Å². The average molecular weight is 331 g/mol. The molecular formula is C17H15ClN2O3. The van der Waals surface area contributed by atoms with Crippen LogP contribution >= 0.6 is 11.6 Å². The van der Waals surface area contributed by atoms with E-state index in [4.69, 9.17) is 11.6 Å².